The Kier molecular flexibility index (Phi) is 4.32. The molecule has 0 saturated carbocycles. The van der Waals surface area contributed by atoms with E-state index in [4.69, 9.17) is 10.6 Å². The highest BCUT2D eigenvalue weighted by Gasteiger charge is 2.04. The predicted molar refractivity (Wildman–Crippen MR) is 72.2 cm³/mol. The topological polar surface area (TPSA) is 86.3 Å². The van der Waals surface area contributed by atoms with Gasteiger partial charge in [-0.2, -0.15) is 0 Å². The maximum absolute atomic E-state index is 11.3. The monoisotopic (exact) mass is 279 g/mol. The first-order chi connectivity index (χ1) is 9.20. The molecule has 0 fully saturated rings. The molecule has 0 aliphatic carbocycles. The number of carbonyl (C=O) groups is 1. The molecule has 1 heterocycles. The fourth-order valence-corrected chi connectivity index (χ4v) is 2.14. The summed E-state index contributed by atoms with van der Waals surface area (Å²) in [4.78, 5) is 22.6. The van der Waals surface area contributed by atoms with E-state index < -0.39 is 0 Å². The van der Waals surface area contributed by atoms with Crippen molar-refractivity contribution in [3.8, 4) is 5.75 Å². The summed E-state index contributed by atoms with van der Waals surface area (Å²) in [6.45, 7) is 0.819. The zero-order valence-electron chi connectivity index (χ0n) is 10.0. The Balaban J connectivity index is 1.94. The number of hydrazine groups is 1. The minimum Gasteiger partial charge on any atom is -0.492 e. The number of ether oxygens (including phenoxy) is 1. The molecule has 0 bridgehead atoms. The van der Waals surface area contributed by atoms with E-state index >= 15 is 0 Å². The number of nitrogens with zero attached hydrogens (tertiary/aromatic N) is 1. The second kappa shape index (κ2) is 6.17. The van der Waals surface area contributed by atoms with Gasteiger partial charge in [-0.1, -0.05) is 17.4 Å². The largest absolute Gasteiger partial charge is 0.492 e. The lowest BCUT2D eigenvalue weighted by Gasteiger charge is -2.07. The zero-order valence-corrected chi connectivity index (χ0v) is 10.9. The Morgan fingerprint density at radius 2 is 2.32 bits per heavy atom. The number of thiazole rings is 1. The van der Waals surface area contributed by atoms with Gasteiger partial charge in [0, 0.05) is 17.1 Å². The standard InChI is InChI=1S/C12H13N3O3S/c13-14-11(16)9-2-1-3-10(8-9)18-6-4-15-5-7-19-12(15)17/h1-3,5,7-8H,4,6,13H2,(H,14,16). The molecule has 1 amide bonds. The molecule has 3 N–H and O–H groups in total. The number of carbonyl (C=O) groups excluding carboxylic acids is 1. The van der Waals surface area contributed by atoms with Crippen LogP contribution in [-0.2, 0) is 6.54 Å². The van der Waals surface area contributed by atoms with Crippen LogP contribution in [0.5, 0.6) is 5.75 Å². The third-order valence-corrected chi connectivity index (χ3v) is 3.17. The summed E-state index contributed by atoms with van der Waals surface area (Å²) in [6, 6.07) is 6.68. The first-order valence-corrected chi connectivity index (χ1v) is 6.46. The molecule has 0 aliphatic rings. The minimum atomic E-state index is -0.375. The average molecular weight is 279 g/mol. The van der Waals surface area contributed by atoms with Crippen molar-refractivity contribution in [1.82, 2.24) is 9.99 Å². The number of benzene rings is 1. The van der Waals surface area contributed by atoms with E-state index in [-0.39, 0.29) is 10.8 Å². The predicted octanol–water partition coefficient (Wildman–Crippen LogP) is 0.592. The Morgan fingerprint density at radius 1 is 1.47 bits per heavy atom. The highest BCUT2D eigenvalue weighted by Crippen LogP contribution is 2.13. The summed E-state index contributed by atoms with van der Waals surface area (Å²) < 4.78 is 7.06. The van der Waals surface area contributed by atoms with Crippen molar-refractivity contribution in [3.63, 3.8) is 0 Å². The Bertz CT molecular complexity index is 620. The second-order valence-electron chi connectivity index (χ2n) is 3.71. The number of rotatable bonds is 5. The number of nitrogen functional groups attached to an aromatic ring is 1. The van der Waals surface area contributed by atoms with Gasteiger partial charge in [0.25, 0.3) is 5.91 Å². The number of hydrogen-bond acceptors (Lipinski definition) is 5. The molecule has 0 unspecified atom stereocenters. The van der Waals surface area contributed by atoms with Gasteiger partial charge in [0.05, 0.1) is 6.54 Å². The van der Waals surface area contributed by atoms with Crippen LogP contribution >= 0.6 is 11.3 Å². The van der Waals surface area contributed by atoms with Crippen molar-refractivity contribution in [3.05, 3.63) is 51.1 Å². The average Bonchev–Trinajstić information content (AvgIpc) is 2.84. The van der Waals surface area contributed by atoms with Crippen LogP contribution in [0.15, 0.2) is 40.6 Å². The van der Waals surface area contributed by atoms with Crippen LogP contribution in [0.4, 0.5) is 0 Å². The van der Waals surface area contributed by atoms with E-state index in [1.54, 1.807) is 40.4 Å². The van der Waals surface area contributed by atoms with E-state index in [0.29, 0.717) is 24.5 Å². The van der Waals surface area contributed by atoms with Gasteiger partial charge in [-0.3, -0.25) is 15.0 Å². The molecule has 19 heavy (non-hydrogen) atoms. The van der Waals surface area contributed by atoms with E-state index in [0.717, 1.165) is 11.3 Å². The van der Waals surface area contributed by atoms with Gasteiger partial charge in [-0.25, -0.2) is 5.84 Å². The molecule has 100 valence electrons. The molecular formula is C12H13N3O3S. The van der Waals surface area contributed by atoms with Gasteiger partial charge < -0.3 is 9.30 Å². The van der Waals surface area contributed by atoms with Crippen LogP contribution in [0.25, 0.3) is 0 Å². The number of nitrogens with two attached hydrogens (primary N) is 1. The van der Waals surface area contributed by atoms with Crippen LogP contribution in [0.1, 0.15) is 10.4 Å². The lowest BCUT2D eigenvalue weighted by atomic mass is 10.2. The van der Waals surface area contributed by atoms with Gasteiger partial charge in [0.2, 0.25) is 0 Å². The van der Waals surface area contributed by atoms with Crippen LogP contribution in [-0.4, -0.2) is 17.1 Å². The molecule has 2 rings (SSSR count). The fraction of sp³-hybridized carbons (Fsp3) is 0.167. The van der Waals surface area contributed by atoms with Crippen molar-refractivity contribution < 1.29 is 9.53 Å². The lowest BCUT2D eigenvalue weighted by molar-refractivity contribution is 0.0953. The van der Waals surface area contributed by atoms with Crippen molar-refractivity contribution in [2.75, 3.05) is 6.61 Å². The Hall–Kier alpha value is -2.12. The van der Waals surface area contributed by atoms with Gasteiger partial charge in [-0.15, -0.1) is 0 Å². The smallest absolute Gasteiger partial charge is 0.307 e. The number of aromatic nitrogens is 1. The summed E-state index contributed by atoms with van der Waals surface area (Å²) in [5, 5.41) is 1.73. The first-order valence-electron chi connectivity index (χ1n) is 5.58. The van der Waals surface area contributed by atoms with Gasteiger partial charge in [0.1, 0.15) is 12.4 Å². The lowest BCUT2D eigenvalue weighted by Crippen LogP contribution is -2.29. The third-order valence-electron chi connectivity index (χ3n) is 2.47. The van der Waals surface area contributed by atoms with E-state index in [1.165, 1.54) is 0 Å². The van der Waals surface area contributed by atoms with Gasteiger partial charge >= 0.3 is 4.87 Å². The summed E-state index contributed by atoms with van der Waals surface area (Å²) in [5.41, 5.74) is 2.48. The highest BCUT2D eigenvalue weighted by atomic mass is 32.1. The number of nitrogens with one attached hydrogen (secondary N) is 1. The molecule has 0 spiro atoms. The quantitative estimate of drug-likeness (QED) is 0.476. The third kappa shape index (κ3) is 3.43. The Labute approximate surface area is 113 Å². The van der Waals surface area contributed by atoms with Crippen LogP contribution < -0.4 is 20.9 Å². The normalized spacial score (nSPS) is 10.2. The maximum Gasteiger partial charge on any atom is 0.307 e. The maximum atomic E-state index is 11.3. The molecule has 6 nitrogen and oxygen atoms in total. The summed E-state index contributed by atoms with van der Waals surface area (Å²) >= 11 is 1.15. The molecular weight excluding hydrogens is 266 g/mol. The fourth-order valence-electron chi connectivity index (χ4n) is 1.53. The zero-order chi connectivity index (χ0) is 13.7. The van der Waals surface area contributed by atoms with Gasteiger partial charge in [-0.05, 0) is 18.2 Å². The molecule has 0 radical (unpaired) electrons. The van der Waals surface area contributed by atoms with Crippen LogP contribution in [0.3, 0.4) is 0 Å². The van der Waals surface area contributed by atoms with Crippen molar-refractivity contribution in [2.45, 2.75) is 6.54 Å². The van der Waals surface area contributed by atoms with Crippen LogP contribution in [0.2, 0.25) is 0 Å². The summed E-state index contributed by atoms with van der Waals surface area (Å²) in [6.07, 6.45) is 1.72. The van der Waals surface area contributed by atoms with E-state index in [2.05, 4.69) is 5.43 Å². The molecule has 0 aliphatic heterocycles. The molecule has 7 heteroatoms. The van der Waals surface area contributed by atoms with E-state index in [9.17, 15) is 9.59 Å². The number of amides is 1. The Morgan fingerprint density at radius 3 is 3.00 bits per heavy atom. The molecule has 2 aromatic rings. The first kappa shape index (κ1) is 13.3. The molecule has 0 atom stereocenters. The minimum absolute atomic E-state index is 0.0140. The van der Waals surface area contributed by atoms with Crippen LogP contribution in [0, 0.1) is 0 Å². The van der Waals surface area contributed by atoms with Crippen molar-refractivity contribution in [1.29, 1.82) is 0 Å². The number of hydrogen-bond donors (Lipinski definition) is 2. The highest BCUT2D eigenvalue weighted by molar-refractivity contribution is 7.07. The molecule has 1 aromatic heterocycles. The second-order valence-corrected chi connectivity index (χ2v) is 4.57. The van der Waals surface area contributed by atoms with E-state index in [1.807, 2.05) is 0 Å². The van der Waals surface area contributed by atoms with Crippen molar-refractivity contribution in [2.24, 2.45) is 5.84 Å². The molecule has 0 saturated heterocycles. The molecule has 1 aromatic carbocycles. The van der Waals surface area contributed by atoms with Crippen molar-refractivity contribution >= 4 is 17.2 Å². The summed E-state index contributed by atoms with van der Waals surface area (Å²) in [7, 11) is 0. The SMILES string of the molecule is NNC(=O)c1cccc(OCCn2ccsc2=O)c1. The summed E-state index contributed by atoms with van der Waals surface area (Å²) in [5.74, 6) is 5.24. The van der Waals surface area contributed by atoms with Gasteiger partial charge in [0.15, 0.2) is 0 Å².